The van der Waals surface area contributed by atoms with E-state index in [0.717, 1.165) is 12.2 Å². The van der Waals surface area contributed by atoms with E-state index in [4.69, 9.17) is 4.74 Å². The van der Waals surface area contributed by atoms with Crippen molar-refractivity contribution in [2.24, 2.45) is 0 Å². The second-order valence-corrected chi connectivity index (χ2v) is 4.33. The summed E-state index contributed by atoms with van der Waals surface area (Å²) in [5.41, 5.74) is 0.630. The zero-order valence-corrected chi connectivity index (χ0v) is 10.8. The molecule has 0 spiro atoms. The number of carbonyl (C=O) groups is 1. The first kappa shape index (κ1) is 12.8. The van der Waals surface area contributed by atoms with Crippen molar-refractivity contribution in [1.29, 1.82) is 0 Å². The molecule has 5 heteroatoms. The fourth-order valence-corrected chi connectivity index (χ4v) is 2.00. The fourth-order valence-electron chi connectivity index (χ4n) is 2.00. The second-order valence-electron chi connectivity index (χ2n) is 4.33. The van der Waals surface area contributed by atoms with Gasteiger partial charge in [-0.3, -0.25) is 4.79 Å². The average molecular weight is 249 g/mol. The highest BCUT2D eigenvalue weighted by atomic mass is 16.5. The Morgan fingerprint density at radius 2 is 2.44 bits per heavy atom. The van der Waals surface area contributed by atoms with Crippen LogP contribution in [-0.2, 0) is 4.74 Å². The Hall–Kier alpha value is -1.62. The van der Waals surface area contributed by atoms with Crippen LogP contribution in [0.5, 0.6) is 0 Å². The summed E-state index contributed by atoms with van der Waals surface area (Å²) in [6.07, 6.45) is 2.71. The van der Waals surface area contributed by atoms with E-state index in [9.17, 15) is 4.79 Å². The largest absolute Gasteiger partial charge is 0.375 e. The van der Waals surface area contributed by atoms with Crippen LogP contribution in [0.15, 0.2) is 18.3 Å². The molecule has 1 atom stereocenters. The maximum atomic E-state index is 12.3. The normalized spacial score (nSPS) is 19.7. The number of nitrogens with zero attached hydrogens (tertiary/aromatic N) is 2. The molecule has 5 nitrogen and oxygen atoms in total. The quantitative estimate of drug-likeness (QED) is 0.879. The first-order valence-corrected chi connectivity index (χ1v) is 6.29. The first-order chi connectivity index (χ1) is 8.74. The third-order valence-electron chi connectivity index (χ3n) is 3.15. The van der Waals surface area contributed by atoms with Crippen LogP contribution < -0.4 is 5.32 Å². The van der Waals surface area contributed by atoms with Gasteiger partial charge in [0.25, 0.3) is 5.91 Å². The van der Waals surface area contributed by atoms with Gasteiger partial charge >= 0.3 is 0 Å². The van der Waals surface area contributed by atoms with Gasteiger partial charge in [0.05, 0.1) is 18.3 Å². The van der Waals surface area contributed by atoms with Crippen LogP contribution >= 0.6 is 0 Å². The fraction of sp³-hybridized carbons (Fsp3) is 0.538. The van der Waals surface area contributed by atoms with Crippen LogP contribution in [0.25, 0.3) is 0 Å². The summed E-state index contributed by atoms with van der Waals surface area (Å²) < 4.78 is 5.56. The average Bonchev–Trinajstić information content (AvgIpc) is 2.46. The highest BCUT2D eigenvalue weighted by Crippen LogP contribution is 2.13. The molecule has 18 heavy (non-hydrogen) atoms. The molecule has 1 aromatic heterocycles. The van der Waals surface area contributed by atoms with Gasteiger partial charge in [-0.1, -0.05) is 6.92 Å². The lowest BCUT2D eigenvalue weighted by molar-refractivity contribution is -0.0226. The Morgan fingerprint density at radius 1 is 1.61 bits per heavy atom. The van der Waals surface area contributed by atoms with Gasteiger partial charge in [-0.05, 0) is 18.6 Å². The smallest absolute Gasteiger partial charge is 0.255 e. The van der Waals surface area contributed by atoms with Crippen molar-refractivity contribution in [3.05, 3.63) is 23.9 Å². The van der Waals surface area contributed by atoms with Crippen LogP contribution in [-0.4, -0.2) is 48.6 Å². The molecule has 1 aromatic rings. The summed E-state index contributed by atoms with van der Waals surface area (Å²) in [5.74, 6) is 0.798. The molecule has 1 N–H and O–H groups in total. The van der Waals surface area contributed by atoms with Gasteiger partial charge in [-0.15, -0.1) is 0 Å². The third kappa shape index (κ3) is 2.79. The molecule has 1 saturated heterocycles. The van der Waals surface area contributed by atoms with Crippen LogP contribution in [0.1, 0.15) is 23.7 Å². The minimum atomic E-state index is 0.0342. The molecule has 1 fully saturated rings. The molecule has 2 heterocycles. The molecule has 2 rings (SSSR count). The topological polar surface area (TPSA) is 54.5 Å². The SMILES string of the molecule is CC[C@@H]1CN(C(=O)c2ccc(NC)nc2)CCO1. The van der Waals surface area contributed by atoms with Gasteiger partial charge in [0.15, 0.2) is 0 Å². The summed E-state index contributed by atoms with van der Waals surface area (Å²) in [7, 11) is 1.80. The Morgan fingerprint density at radius 3 is 3.06 bits per heavy atom. The van der Waals surface area contributed by atoms with E-state index in [0.29, 0.717) is 25.3 Å². The van der Waals surface area contributed by atoms with E-state index >= 15 is 0 Å². The number of pyridine rings is 1. The number of rotatable bonds is 3. The van der Waals surface area contributed by atoms with E-state index in [2.05, 4.69) is 17.2 Å². The van der Waals surface area contributed by atoms with E-state index in [1.54, 1.807) is 19.3 Å². The maximum Gasteiger partial charge on any atom is 0.255 e. The molecule has 0 aliphatic carbocycles. The zero-order chi connectivity index (χ0) is 13.0. The summed E-state index contributed by atoms with van der Waals surface area (Å²) in [6, 6.07) is 3.61. The summed E-state index contributed by atoms with van der Waals surface area (Å²) in [6.45, 7) is 4.01. The zero-order valence-electron chi connectivity index (χ0n) is 10.8. The second kappa shape index (κ2) is 5.82. The molecule has 0 radical (unpaired) electrons. The molecule has 1 aliphatic heterocycles. The highest BCUT2D eigenvalue weighted by Gasteiger charge is 2.23. The minimum absolute atomic E-state index is 0.0342. The van der Waals surface area contributed by atoms with Gasteiger partial charge in [-0.2, -0.15) is 0 Å². The van der Waals surface area contributed by atoms with Crippen LogP contribution in [0.3, 0.4) is 0 Å². The van der Waals surface area contributed by atoms with Crippen molar-refractivity contribution in [1.82, 2.24) is 9.88 Å². The molecule has 1 aliphatic rings. The Balaban J connectivity index is 2.05. The van der Waals surface area contributed by atoms with Gasteiger partial charge in [-0.25, -0.2) is 4.98 Å². The third-order valence-corrected chi connectivity index (χ3v) is 3.15. The molecule has 0 unspecified atom stereocenters. The van der Waals surface area contributed by atoms with E-state index in [1.165, 1.54) is 0 Å². The Kier molecular flexibility index (Phi) is 4.15. The molecular weight excluding hydrogens is 230 g/mol. The Bertz CT molecular complexity index is 405. The molecule has 0 aromatic carbocycles. The summed E-state index contributed by atoms with van der Waals surface area (Å²) in [5, 5.41) is 2.93. The number of hydrogen-bond acceptors (Lipinski definition) is 4. The van der Waals surface area contributed by atoms with Crippen LogP contribution in [0.4, 0.5) is 5.82 Å². The minimum Gasteiger partial charge on any atom is -0.375 e. The standard InChI is InChI=1S/C13H19N3O2/c1-3-11-9-16(6-7-18-11)13(17)10-4-5-12(14-2)15-8-10/h4-5,8,11H,3,6-7,9H2,1-2H3,(H,14,15)/t11-/m1/s1. The van der Waals surface area contributed by atoms with E-state index in [1.807, 2.05) is 11.0 Å². The predicted octanol–water partition coefficient (Wildman–Crippen LogP) is 1.37. The number of anilines is 1. The van der Waals surface area contributed by atoms with Crippen molar-refractivity contribution in [2.75, 3.05) is 32.1 Å². The Labute approximate surface area is 107 Å². The lowest BCUT2D eigenvalue weighted by Crippen LogP contribution is -2.45. The van der Waals surface area contributed by atoms with Gasteiger partial charge in [0.1, 0.15) is 5.82 Å². The van der Waals surface area contributed by atoms with Crippen LogP contribution in [0, 0.1) is 0 Å². The highest BCUT2D eigenvalue weighted by molar-refractivity contribution is 5.94. The van der Waals surface area contributed by atoms with Crippen molar-refractivity contribution < 1.29 is 9.53 Å². The van der Waals surface area contributed by atoms with E-state index < -0.39 is 0 Å². The molecule has 98 valence electrons. The number of carbonyl (C=O) groups excluding carboxylic acids is 1. The molecule has 0 bridgehead atoms. The summed E-state index contributed by atoms with van der Waals surface area (Å²) in [4.78, 5) is 18.3. The summed E-state index contributed by atoms with van der Waals surface area (Å²) >= 11 is 0. The van der Waals surface area contributed by atoms with Crippen LogP contribution in [0.2, 0.25) is 0 Å². The number of morpholine rings is 1. The lowest BCUT2D eigenvalue weighted by Gasteiger charge is -2.32. The number of aromatic nitrogens is 1. The van der Waals surface area contributed by atoms with Gasteiger partial charge in [0, 0.05) is 26.3 Å². The lowest BCUT2D eigenvalue weighted by atomic mass is 10.2. The number of nitrogens with one attached hydrogen (secondary N) is 1. The van der Waals surface area contributed by atoms with Crippen molar-refractivity contribution >= 4 is 11.7 Å². The van der Waals surface area contributed by atoms with Crippen molar-refractivity contribution in [3.63, 3.8) is 0 Å². The predicted molar refractivity (Wildman–Crippen MR) is 69.7 cm³/mol. The monoisotopic (exact) mass is 249 g/mol. The first-order valence-electron chi connectivity index (χ1n) is 6.29. The van der Waals surface area contributed by atoms with Gasteiger partial charge < -0.3 is 15.0 Å². The molecule has 0 saturated carbocycles. The number of hydrogen-bond donors (Lipinski definition) is 1. The number of amides is 1. The van der Waals surface area contributed by atoms with Gasteiger partial charge in [0.2, 0.25) is 0 Å². The molecular formula is C13H19N3O2. The van der Waals surface area contributed by atoms with E-state index in [-0.39, 0.29) is 12.0 Å². The van der Waals surface area contributed by atoms with Crippen molar-refractivity contribution in [3.8, 4) is 0 Å². The number of ether oxygens (including phenoxy) is 1. The maximum absolute atomic E-state index is 12.3. The molecule has 1 amide bonds. The van der Waals surface area contributed by atoms with Crippen molar-refractivity contribution in [2.45, 2.75) is 19.4 Å².